The SMILES string of the molecule is CC/C=C\C/C=C\C/C=C\CCCCCCCC(=O)OC(COC(=O)CCCCCCCCCCC/C=C\CCCCCCCC)COP(=O)(O)OCC(CO)OC(=O)CCCCCCC/C=C\CCCCCC. The van der Waals surface area contributed by atoms with Crippen molar-refractivity contribution in [2.24, 2.45) is 0 Å². The van der Waals surface area contributed by atoms with E-state index in [1.165, 1.54) is 109 Å². The van der Waals surface area contributed by atoms with E-state index in [1.807, 2.05) is 0 Å². The quantitative estimate of drug-likeness (QED) is 0.0197. The first-order chi connectivity index (χ1) is 36.2. The lowest BCUT2D eigenvalue weighted by Crippen LogP contribution is -2.30. The molecule has 11 nitrogen and oxygen atoms in total. The number of rotatable bonds is 56. The molecule has 0 aliphatic rings. The number of carbonyl (C=O) groups is 3. The van der Waals surface area contributed by atoms with Gasteiger partial charge in [0.15, 0.2) is 6.10 Å². The van der Waals surface area contributed by atoms with Crippen molar-refractivity contribution in [2.45, 2.75) is 290 Å². The van der Waals surface area contributed by atoms with Crippen LogP contribution in [0.4, 0.5) is 0 Å². The van der Waals surface area contributed by atoms with Gasteiger partial charge in [-0.05, 0) is 103 Å². The summed E-state index contributed by atoms with van der Waals surface area (Å²) in [4.78, 5) is 48.6. The fourth-order valence-corrected chi connectivity index (χ4v) is 9.09. The Balaban J connectivity index is 4.71. The van der Waals surface area contributed by atoms with Gasteiger partial charge in [0, 0.05) is 19.3 Å². The number of phosphoric acid groups is 1. The molecule has 74 heavy (non-hydrogen) atoms. The van der Waals surface area contributed by atoms with Gasteiger partial charge in [-0.1, -0.05) is 216 Å². The van der Waals surface area contributed by atoms with Crippen molar-refractivity contribution in [3.05, 3.63) is 60.8 Å². The largest absolute Gasteiger partial charge is 0.472 e. The third-order valence-corrected chi connectivity index (χ3v) is 13.8. The maximum absolute atomic E-state index is 12.9. The van der Waals surface area contributed by atoms with E-state index in [-0.39, 0.29) is 25.9 Å². The van der Waals surface area contributed by atoms with Gasteiger partial charge in [0.1, 0.15) is 12.7 Å². The molecule has 0 aromatic carbocycles. The van der Waals surface area contributed by atoms with Gasteiger partial charge < -0.3 is 24.2 Å². The molecule has 0 spiro atoms. The number of esters is 3. The van der Waals surface area contributed by atoms with Gasteiger partial charge in [0.25, 0.3) is 0 Å². The molecular weight excluding hydrogens is 952 g/mol. The topological polar surface area (TPSA) is 155 Å². The maximum Gasteiger partial charge on any atom is 0.472 e. The number of hydrogen-bond donors (Lipinski definition) is 2. The molecule has 0 amide bonds. The molecule has 0 aliphatic heterocycles. The fourth-order valence-electron chi connectivity index (χ4n) is 8.30. The van der Waals surface area contributed by atoms with Crippen molar-refractivity contribution in [2.75, 3.05) is 26.4 Å². The molecule has 0 aromatic heterocycles. The molecule has 3 unspecified atom stereocenters. The third-order valence-electron chi connectivity index (χ3n) is 12.9. The number of unbranched alkanes of at least 4 members (excludes halogenated alkanes) is 29. The second-order valence-corrected chi connectivity index (χ2v) is 21.6. The van der Waals surface area contributed by atoms with Gasteiger partial charge in [0.2, 0.25) is 0 Å². The lowest BCUT2D eigenvalue weighted by atomic mass is 10.1. The third kappa shape index (κ3) is 54.0. The Bertz CT molecular complexity index is 1470. The first kappa shape index (κ1) is 71.2. The summed E-state index contributed by atoms with van der Waals surface area (Å²) in [5.74, 6) is -1.49. The van der Waals surface area contributed by atoms with Crippen LogP contribution >= 0.6 is 7.82 Å². The normalized spacial score (nSPS) is 13.7. The van der Waals surface area contributed by atoms with E-state index in [9.17, 15) is 28.9 Å². The molecule has 0 bridgehead atoms. The summed E-state index contributed by atoms with van der Waals surface area (Å²) < 4.78 is 39.5. The molecule has 430 valence electrons. The Kier molecular flexibility index (Phi) is 54.2. The summed E-state index contributed by atoms with van der Waals surface area (Å²) in [7, 11) is -4.75. The van der Waals surface area contributed by atoms with E-state index < -0.39 is 57.8 Å². The van der Waals surface area contributed by atoms with E-state index in [4.69, 9.17) is 23.3 Å². The average molecular weight is 1060 g/mol. The summed E-state index contributed by atoms with van der Waals surface area (Å²) in [5.41, 5.74) is 0. The van der Waals surface area contributed by atoms with Crippen LogP contribution in [0.5, 0.6) is 0 Å². The predicted molar refractivity (Wildman–Crippen MR) is 307 cm³/mol. The van der Waals surface area contributed by atoms with Crippen molar-refractivity contribution in [1.82, 2.24) is 0 Å². The first-order valence-corrected chi connectivity index (χ1v) is 31.7. The van der Waals surface area contributed by atoms with Crippen LogP contribution in [-0.2, 0) is 42.2 Å². The second kappa shape index (κ2) is 56.4. The first-order valence-electron chi connectivity index (χ1n) is 30.2. The highest BCUT2D eigenvalue weighted by atomic mass is 31.2. The monoisotopic (exact) mass is 1060 g/mol. The van der Waals surface area contributed by atoms with Crippen LogP contribution in [0, 0.1) is 0 Å². The number of phosphoric ester groups is 1. The van der Waals surface area contributed by atoms with Crippen molar-refractivity contribution in [3.63, 3.8) is 0 Å². The lowest BCUT2D eigenvalue weighted by Gasteiger charge is -2.21. The fraction of sp³-hybridized carbons (Fsp3) is 0.790. The molecule has 0 radical (unpaired) electrons. The summed E-state index contributed by atoms with van der Waals surface area (Å²) in [6.45, 7) is 4.51. The number of carbonyl (C=O) groups excluding carboxylic acids is 3. The average Bonchev–Trinajstić information content (AvgIpc) is 3.39. The molecular formula is C62H111O11P. The van der Waals surface area contributed by atoms with E-state index in [2.05, 4.69) is 81.5 Å². The van der Waals surface area contributed by atoms with Crippen LogP contribution in [0.15, 0.2) is 60.8 Å². The van der Waals surface area contributed by atoms with Crippen molar-refractivity contribution in [1.29, 1.82) is 0 Å². The second-order valence-electron chi connectivity index (χ2n) is 20.1. The van der Waals surface area contributed by atoms with E-state index in [1.54, 1.807) is 0 Å². The van der Waals surface area contributed by atoms with Crippen LogP contribution in [0.2, 0.25) is 0 Å². The minimum Gasteiger partial charge on any atom is -0.462 e. The molecule has 0 rings (SSSR count). The molecule has 0 aromatic rings. The summed E-state index contributed by atoms with van der Waals surface area (Å²) >= 11 is 0. The molecule has 0 fully saturated rings. The van der Waals surface area contributed by atoms with Crippen LogP contribution in [0.1, 0.15) is 278 Å². The van der Waals surface area contributed by atoms with Gasteiger partial charge in [-0.2, -0.15) is 0 Å². The van der Waals surface area contributed by atoms with Crippen LogP contribution in [0.25, 0.3) is 0 Å². The molecule has 3 atom stereocenters. The number of aliphatic hydroxyl groups excluding tert-OH is 1. The standard InChI is InChI=1S/C62H111O11P/c1-4-7-10-13-16-19-22-25-27-28-29-30-32-34-36-39-42-45-48-51-60(64)69-55-59(73-62(66)53-50-47-44-41-38-35-31-26-23-20-17-14-11-8-5-2)57-71-74(67,68)70-56-58(54-63)72-61(65)52-49-46-43-40-37-33-24-21-18-15-12-9-6-3/h8,11,17,20-21,24-27,31,58-59,63H,4-7,9-10,12-16,18-19,22-23,28-30,32-57H2,1-3H3,(H,67,68)/b11-8-,20-17-,24-21-,27-25-,31-26-. The maximum atomic E-state index is 12.9. The van der Waals surface area contributed by atoms with Crippen LogP contribution < -0.4 is 0 Å². The molecule has 0 heterocycles. The van der Waals surface area contributed by atoms with Gasteiger partial charge in [-0.3, -0.25) is 23.4 Å². The molecule has 0 saturated carbocycles. The Labute approximate surface area is 453 Å². The molecule has 2 N–H and O–H groups in total. The highest BCUT2D eigenvalue weighted by molar-refractivity contribution is 7.47. The Hall–Kier alpha value is -2.82. The Morgan fingerprint density at radius 1 is 0.392 bits per heavy atom. The molecule has 12 heteroatoms. The van der Waals surface area contributed by atoms with Crippen molar-refractivity contribution >= 4 is 25.7 Å². The predicted octanol–water partition coefficient (Wildman–Crippen LogP) is 17.9. The zero-order chi connectivity index (χ0) is 54.1. The lowest BCUT2D eigenvalue weighted by molar-refractivity contribution is -0.161. The van der Waals surface area contributed by atoms with E-state index in [0.717, 1.165) is 109 Å². The zero-order valence-corrected chi connectivity index (χ0v) is 48.5. The summed E-state index contributed by atoms with van der Waals surface area (Å²) in [6.07, 6.45) is 61.8. The smallest absolute Gasteiger partial charge is 0.462 e. The van der Waals surface area contributed by atoms with Crippen molar-refractivity contribution < 1.29 is 52.2 Å². The van der Waals surface area contributed by atoms with Crippen molar-refractivity contribution in [3.8, 4) is 0 Å². The summed E-state index contributed by atoms with van der Waals surface area (Å²) in [5, 5.41) is 9.81. The highest BCUT2D eigenvalue weighted by Crippen LogP contribution is 2.43. The van der Waals surface area contributed by atoms with Crippen LogP contribution in [0.3, 0.4) is 0 Å². The molecule has 0 saturated heterocycles. The van der Waals surface area contributed by atoms with E-state index in [0.29, 0.717) is 19.3 Å². The van der Waals surface area contributed by atoms with Gasteiger partial charge in [-0.15, -0.1) is 0 Å². The highest BCUT2D eigenvalue weighted by Gasteiger charge is 2.28. The van der Waals surface area contributed by atoms with Crippen LogP contribution in [-0.4, -0.2) is 66.5 Å². The number of ether oxygens (including phenoxy) is 3. The zero-order valence-electron chi connectivity index (χ0n) is 47.6. The summed E-state index contributed by atoms with van der Waals surface area (Å²) in [6, 6.07) is 0. The number of allylic oxidation sites excluding steroid dienone is 10. The Morgan fingerprint density at radius 3 is 1.11 bits per heavy atom. The Morgan fingerprint density at radius 2 is 0.703 bits per heavy atom. The van der Waals surface area contributed by atoms with E-state index >= 15 is 0 Å². The number of hydrogen-bond acceptors (Lipinski definition) is 10. The minimum atomic E-state index is -4.75. The van der Waals surface area contributed by atoms with Gasteiger partial charge in [0.05, 0.1) is 19.8 Å². The number of aliphatic hydroxyl groups is 1. The van der Waals surface area contributed by atoms with Gasteiger partial charge in [-0.25, -0.2) is 4.57 Å². The van der Waals surface area contributed by atoms with Gasteiger partial charge >= 0.3 is 25.7 Å². The minimum absolute atomic E-state index is 0.147. The molecule has 0 aliphatic carbocycles.